The number of hydrogen-bond acceptors (Lipinski definition) is 4. The van der Waals surface area contributed by atoms with Crippen molar-refractivity contribution in [2.45, 2.75) is 20.0 Å². The van der Waals surface area contributed by atoms with Crippen LogP contribution in [0.25, 0.3) is 0 Å². The highest BCUT2D eigenvalue weighted by atomic mass is 16.5. The van der Waals surface area contributed by atoms with E-state index in [1.54, 1.807) is 37.3 Å². The van der Waals surface area contributed by atoms with Crippen LogP contribution < -0.4 is 4.74 Å². The summed E-state index contributed by atoms with van der Waals surface area (Å²) in [5, 5.41) is 12.6. The van der Waals surface area contributed by atoms with Crippen molar-refractivity contribution in [2.75, 3.05) is 0 Å². The van der Waals surface area contributed by atoms with Gasteiger partial charge in [-0.3, -0.25) is 4.79 Å². The van der Waals surface area contributed by atoms with Crippen molar-refractivity contribution in [1.82, 2.24) is 5.16 Å². The average molecular weight is 247 g/mol. The van der Waals surface area contributed by atoms with E-state index in [1.165, 1.54) is 0 Å². The lowest BCUT2D eigenvalue weighted by Gasteiger charge is -2.08. The van der Waals surface area contributed by atoms with Gasteiger partial charge in [0.1, 0.15) is 23.8 Å². The van der Waals surface area contributed by atoms with Gasteiger partial charge in [0.15, 0.2) is 0 Å². The molecule has 0 spiro atoms. The predicted octanol–water partition coefficient (Wildman–Crippen LogP) is 2.19. The lowest BCUT2D eigenvalue weighted by molar-refractivity contribution is -0.136. The normalized spacial score (nSPS) is 10.3. The number of carboxylic acid groups (broad SMARTS) is 1. The standard InChI is InChI=1S/C13H13NO4/c1-9-6-11(14-18-9)8-17-12-5-3-2-4-10(12)7-13(15)16/h2-6H,7-8H2,1H3,(H,15,16). The molecule has 18 heavy (non-hydrogen) atoms. The van der Waals surface area contributed by atoms with Crippen LogP contribution in [-0.2, 0) is 17.8 Å². The van der Waals surface area contributed by atoms with Gasteiger partial charge in [-0.2, -0.15) is 0 Å². The summed E-state index contributed by atoms with van der Waals surface area (Å²) in [6.45, 7) is 2.06. The van der Waals surface area contributed by atoms with Crippen molar-refractivity contribution in [3.8, 4) is 5.75 Å². The number of benzene rings is 1. The van der Waals surface area contributed by atoms with E-state index in [9.17, 15) is 4.79 Å². The molecular weight excluding hydrogens is 234 g/mol. The molecule has 5 heteroatoms. The predicted molar refractivity (Wildman–Crippen MR) is 63.4 cm³/mol. The Balaban J connectivity index is 2.06. The molecule has 0 fully saturated rings. The second kappa shape index (κ2) is 5.35. The largest absolute Gasteiger partial charge is 0.487 e. The molecule has 1 aromatic heterocycles. The summed E-state index contributed by atoms with van der Waals surface area (Å²) in [7, 11) is 0. The molecule has 0 saturated carbocycles. The topological polar surface area (TPSA) is 72.6 Å². The highest BCUT2D eigenvalue weighted by Crippen LogP contribution is 2.19. The van der Waals surface area contributed by atoms with E-state index in [2.05, 4.69) is 5.16 Å². The smallest absolute Gasteiger partial charge is 0.307 e. The fraction of sp³-hybridized carbons (Fsp3) is 0.231. The molecule has 2 rings (SSSR count). The van der Waals surface area contributed by atoms with Gasteiger partial charge in [-0.25, -0.2) is 0 Å². The number of rotatable bonds is 5. The lowest BCUT2D eigenvalue weighted by Crippen LogP contribution is -2.04. The third kappa shape index (κ3) is 3.10. The Labute approximate surface area is 104 Å². The monoisotopic (exact) mass is 247 g/mol. The van der Waals surface area contributed by atoms with E-state index >= 15 is 0 Å². The van der Waals surface area contributed by atoms with Gasteiger partial charge in [0.25, 0.3) is 0 Å². The molecule has 1 N–H and O–H groups in total. The Kier molecular flexibility index (Phi) is 3.62. The molecule has 2 aromatic rings. The number of carbonyl (C=O) groups is 1. The van der Waals surface area contributed by atoms with E-state index in [4.69, 9.17) is 14.4 Å². The molecule has 0 bridgehead atoms. The van der Waals surface area contributed by atoms with Gasteiger partial charge in [-0.15, -0.1) is 0 Å². The molecule has 0 amide bonds. The molecule has 0 aliphatic heterocycles. The Bertz CT molecular complexity index is 547. The number of para-hydroxylation sites is 1. The van der Waals surface area contributed by atoms with Crippen LogP contribution in [0.5, 0.6) is 5.75 Å². The average Bonchev–Trinajstić information content (AvgIpc) is 2.73. The van der Waals surface area contributed by atoms with Crippen molar-refractivity contribution >= 4 is 5.97 Å². The highest BCUT2D eigenvalue weighted by Gasteiger charge is 2.08. The van der Waals surface area contributed by atoms with Crippen molar-refractivity contribution < 1.29 is 19.2 Å². The number of aromatic nitrogens is 1. The molecule has 0 aliphatic rings. The van der Waals surface area contributed by atoms with E-state index in [0.717, 1.165) is 0 Å². The number of carboxylic acids is 1. The summed E-state index contributed by atoms with van der Waals surface area (Å²) < 4.78 is 10.5. The maximum atomic E-state index is 10.7. The van der Waals surface area contributed by atoms with Crippen LogP contribution in [0.15, 0.2) is 34.9 Å². The molecule has 0 saturated heterocycles. The summed E-state index contributed by atoms with van der Waals surface area (Å²) in [6.07, 6.45) is -0.0615. The summed E-state index contributed by atoms with van der Waals surface area (Å²) in [5.41, 5.74) is 1.32. The first-order valence-corrected chi connectivity index (χ1v) is 5.50. The summed E-state index contributed by atoms with van der Waals surface area (Å²) in [6, 6.07) is 8.84. The molecule has 94 valence electrons. The molecule has 0 radical (unpaired) electrons. The van der Waals surface area contributed by atoms with Gasteiger partial charge in [0.2, 0.25) is 0 Å². The van der Waals surface area contributed by atoms with E-state index in [0.29, 0.717) is 22.8 Å². The number of ether oxygens (including phenoxy) is 1. The lowest BCUT2D eigenvalue weighted by atomic mass is 10.1. The Morgan fingerprint density at radius 1 is 1.44 bits per heavy atom. The zero-order valence-electron chi connectivity index (χ0n) is 9.92. The Morgan fingerprint density at radius 3 is 2.89 bits per heavy atom. The van der Waals surface area contributed by atoms with Gasteiger partial charge in [0, 0.05) is 11.6 Å². The van der Waals surface area contributed by atoms with Crippen LogP contribution in [0.2, 0.25) is 0 Å². The second-order valence-electron chi connectivity index (χ2n) is 3.90. The first kappa shape index (κ1) is 12.2. The molecule has 0 aliphatic carbocycles. The maximum absolute atomic E-state index is 10.7. The summed E-state index contributed by atoms with van der Waals surface area (Å²) in [5.74, 6) is 0.385. The van der Waals surface area contributed by atoms with Crippen LogP contribution >= 0.6 is 0 Å². The third-order valence-electron chi connectivity index (χ3n) is 2.37. The summed E-state index contributed by atoms with van der Waals surface area (Å²) >= 11 is 0. The molecule has 0 unspecified atom stereocenters. The molecule has 5 nitrogen and oxygen atoms in total. The van der Waals surface area contributed by atoms with Gasteiger partial charge >= 0.3 is 5.97 Å². The van der Waals surface area contributed by atoms with Crippen LogP contribution in [0, 0.1) is 6.92 Å². The minimum atomic E-state index is -0.886. The fourth-order valence-corrected chi connectivity index (χ4v) is 1.59. The first-order valence-electron chi connectivity index (χ1n) is 5.50. The zero-order chi connectivity index (χ0) is 13.0. The number of hydrogen-bond donors (Lipinski definition) is 1. The van der Waals surface area contributed by atoms with Gasteiger partial charge in [-0.1, -0.05) is 23.4 Å². The van der Waals surface area contributed by atoms with E-state index in [1.807, 2.05) is 0 Å². The van der Waals surface area contributed by atoms with Crippen molar-refractivity contribution in [3.63, 3.8) is 0 Å². The summed E-state index contributed by atoms with van der Waals surface area (Å²) in [4.78, 5) is 10.7. The van der Waals surface area contributed by atoms with E-state index in [-0.39, 0.29) is 13.0 Å². The molecular formula is C13H13NO4. The minimum absolute atomic E-state index is 0.0615. The number of aryl methyl sites for hydroxylation is 1. The zero-order valence-corrected chi connectivity index (χ0v) is 9.92. The van der Waals surface area contributed by atoms with Crippen LogP contribution in [0.1, 0.15) is 17.0 Å². The quantitative estimate of drug-likeness (QED) is 0.876. The van der Waals surface area contributed by atoms with Crippen molar-refractivity contribution in [3.05, 3.63) is 47.3 Å². The van der Waals surface area contributed by atoms with Crippen molar-refractivity contribution in [2.24, 2.45) is 0 Å². The maximum Gasteiger partial charge on any atom is 0.307 e. The van der Waals surface area contributed by atoms with E-state index < -0.39 is 5.97 Å². The molecule has 1 aromatic carbocycles. The second-order valence-corrected chi connectivity index (χ2v) is 3.90. The highest BCUT2D eigenvalue weighted by molar-refractivity contribution is 5.71. The fourth-order valence-electron chi connectivity index (χ4n) is 1.59. The van der Waals surface area contributed by atoms with Crippen LogP contribution in [0.4, 0.5) is 0 Å². The van der Waals surface area contributed by atoms with Gasteiger partial charge in [-0.05, 0) is 13.0 Å². The minimum Gasteiger partial charge on any atom is -0.487 e. The molecule has 0 atom stereocenters. The third-order valence-corrected chi connectivity index (χ3v) is 2.37. The van der Waals surface area contributed by atoms with Crippen LogP contribution in [0.3, 0.4) is 0 Å². The number of nitrogens with zero attached hydrogens (tertiary/aromatic N) is 1. The van der Waals surface area contributed by atoms with Crippen LogP contribution in [-0.4, -0.2) is 16.2 Å². The first-order chi connectivity index (χ1) is 8.65. The SMILES string of the molecule is Cc1cc(COc2ccccc2CC(=O)O)no1. The van der Waals surface area contributed by atoms with Gasteiger partial charge < -0.3 is 14.4 Å². The van der Waals surface area contributed by atoms with Crippen molar-refractivity contribution in [1.29, 1.82) is 0 Å². The Hall–Kier alpha value is -2.30. The Morgan fingerprint density at radius 2 is 2.22 bits per heavy atom. The molecule has 1 heterocycles. The van der Waals surface area contributed by atoms with Gasteiger partial charge in [0.05, 0.1) is 6.42 Å². The number of aliphatic carboxylic acids is 1.